The molecule has 0 bridgehead atoms. The Morgan fingerprint density at radius 2 is 1.72 bits per heavy atom. The first kappa shape index (κ1) is 28.7. The summed E-state index contributed by atoms with van der Waals surface area (Å²) in [5, 5.41) is 21.3. The van der Waals surface area contributed by atoms with Gasteiger partial charge in [0.05, 0.1) is 11.3 Å². The molecule has 0 aliphatic carbocycles. The minimum atomic E-state index is -0.250. The summed E-state index contributed by atoms with van der Waals surface area (Å²) in [7, 11) is 0. The van der Waals surface area contributed by atoms with E-state index in [1.165, 1.54) is 40.1 Å². The highest BCUT2D eigenvalue weighted by molar-refractivity contribution is 7.15. The lowest BCUT2D eigenvalue weighted by molar-refractivity contribution is -0.122. The van der Waals surface area contributed by atoms with Gasteiger partial charge in [-0.05, 0) is 85.8 Å². The lowest BCUT2D eigenvalue weighted by atomic mass is 9.91. The van der Waals surface area contributed by atoms with Crippen LogP contribution >= 0.6 is 11.3 Å². The highest BCUT2D eigenvalue weighted by Gasteiger charge is 2.21. The first-order valence-corrected chi connectivity index (χ1v) is 15.4. The van der Waals surface area contributed by atoms with E-state index in [2.05, 4.69) is 72.6 Å². The number of thiazole rings is 1. The number of benzene rings is 3. The summed E-state index contributed by atoms with van der Waals surface area (Å²) in [6.45, 7) is 9.03. The smallest absolute Gasteiger partial charge is 0.290 e. The molecule has 0 amide bonds. The van der Waals surface area contributed by atoms with Crippen LogP contribution < -0.4 is 5.32 Å². The van der Waals surface area contributed by atoms with E-state index >= 15 is 0 Å². The van der Waals surface area contributed by atoms with Crippen molar-refractivity contribution in [1.29, 1.82) is 5.26 Å². The molecule has 3 aromatic carbocycles. The van der Waals surface area contributed by atoms with E-state index in [1.807, 2.05) is 6.07 Å². The number of nitriles is 1. The van der Waals surface area contributed by atoms with Crippen LogP contribution in [-0.4, -0.2) is 46.1 Å². The quantitative estimate of drug-likeness (QED) is 0.217. The van der Waals surface area contributed by atoms with Crippen LogP contribution in [0, 0.1) is 25.2 Å². The first-order valence-electron chi connectivity index (χ1n) is 14.5. The van der Waals surface area contributed by atoms with E-state index in [-0.39, 0.29) is 6.47 Å². The van der Waals surface area contributed by atoms with E-state index in [4.69, 9.17) is 24.3 Å². The zero-order chi connectivity index (χ0) is 29.9. The molecule has 1 fully saturated rings. The Bertz CT molecular complexity index is 1820. The standard InChI is InChI=1S/C33H31N5OS.CH2O2/c1-20-24(25-8-6-10-27(21(25)2)33-37-28-11-12-35-18-30(28)40-33)7-5-9-26(20)32-36-29-16-22(19-38-13-3-4-14-38)15-23(17-34)31(29)39-32;2-1-3/h5-10,15-16,35H,3-4,11-14,18-19H2,1-2H3;1H,(H,2,3). The van der Waals surface area contributed by atoms with Crippen LogP contribution in [0.15, 0.2) is 52.9 Å². The van der Waals surface area contributed by atoms with Gasteiger partial charge in [-0.1, -0.05) is 30.3 Å². The van der Waals surface area contributed by atoms with Gasteiger partial charge in [0, 0.05) is 42.1 Å². The van der Waals surface area contributed by atoms with Crippen molar-refractivity contribution in [1.82, 2.24) is 20.2 Å². The predicted molar refractivity (Wildman–Crippen MR) is 169 cm³/mol. The summed E-state index contributed by atoms with van der Waals surface area (Å²) < 4.78 is 6.28. The normalized spacial score (nSPS) is 14.6. The molecule has 43 heavy (non-hydrogen) atoms. The molecule has 0 spiro atoms. The molecule has 0 unspecified atom stereocenters. The maximum absolute atomic E-state index is 9.89. The van der Waals surface area contributed by atoms with Gasteiger partial charge in [0.15, 0.2) is 5.58 Å². The van der Waals surface area contributed by atoms with Crippen molar-refractivity contribution in [2.75, 3.05) is 19.6 Å². The van der Waals surface area contributed by atoms with Gasteiger partial charge >= 0.3 is 0 Å². The Hall–Kier alpha value is -4.36. The van der Waals surface area contributed by atoms with Gasteiger partial charge in [-0.2, -0.15) is 5.26 Å². The molecule has 2 N–H and O–H groups in total. The molecule has 0 radical (unpaired) electrons. The third-order valence-corrected chi connectivity index (χ3v) is 9.43. The molecular weight excluding hydrogens is 558 g/mol. The predicted octanol–water partition coefficient (Wildman–Crippen LogP) is 6.72. The Balaban J connectivity index is 0.00000105. The molecule has 8 nitrogen and oxygen atoms in total. The number of nitrogens with one attached hydrogen (secondary N) is 1. The summed E-state index contributed by atoms with van der Waals surface area (Å²) in [6, 6.07) is 19.2. The summed E-state index contributed by atoms with van der Waals surface area (Å²) in [5.41, 5.74) is 11.0. The van der Waals surface area contributed by atoms with Crippen LogP contribution in [0.1, 0.15) is 45.7 Å². The molecule has 4 heterocycles. The van der Waals surface area contributed by atoms with Crippen LogP contribution in [0.2, 0.25) is 0 Å². The van der Waals surface area contributed by atoms with Crippen LogP contribution in [0.5, 0.6) is 0 Å². The van der Waals surface area contributed by atoms with Crippen LogP contribution in [-0.2, 0) is 24.3 Å². The maximum Gasteiger partial charge on any atom is 0.290 e. The number of hydrogen-bond acceptors (Lipinski definition) is 8. The fourth-order valence-corrected chi connectivity index (χ4v) is 7.30. The van der Waals surface area contributed by atoms with Gasteiger partial charge in [-0.25, -0.2) is 9.97 Å². The van der Waals surface area contributed by atoms with Crippen LogP contribution in [0.25, 0.3) is 44.3 Å². The van der Waals surface area contributed by atoms with Crippen LogP contribution in [0.4, 0.5) is 0 Å². The molecule has 0 saturated carbocycles. The maximum atomic E-state index is 9.89. The average molecular weight is 592 g/mol. The van der Waals surface area contributed by atoms with E-state index in [0.717, 1.165) is 71.9 Å². The van der Waals surface area contributed by atoms with E-state index in [0.29, 0.717) is 17.0 Å². The van der Waals surface area contributed by atoms with E-state index in [9.17, 15) is 5.26 Å². The number of hydrogen-bond donors (Lipinski definition) is 2. The Labute approximate surface area is 254 Å². The van der Waals surface area contributed by atoms with Gasteiger partial charge in [0.2, 0.25) is 5.89 Å². The van der Waals surface area contributed by atoms with Gasteiger partial charge in [-0.15, -0.1) is 11.3 Å². The van der Waals surface area contributed by atoms with E-state index < -0.39 is 0 Å². The molecule has 218 valence electrons. The molecule has 2 aliphatic heterocycles. The van der Waals surface area contributed by atoms with Crippen molar-refractivity contribution < 1.29 is 14.3 Å². The second kappa shape index (κ2) is 12.5. The van der Waals surface area contributed by atoms with E-state index in [1.54, 1.807) is 11.3 Å². The Kier molecular flexibility index (Phi) is 8.34. The highest BCUT2D eigenvalue weighted by Crippen LogP contribution is 2.39. The van der Waals surface area contributed by atoms with Gasteiger partial charge in [-0.3, -0.25) is 9.69 Å². The van der Waals surface area contributed by atoms with Gasteiger partial charge < -0.3 is 14.8 Å². The Morgan fingerprint density at radius 3 is 2.42 bits per heavy atom. The van der Waals surface area contributed by atoms with Crippen molar-refractivity contribution >= 4 is 28.9 Å². The zero-order valence-corrected chi connectivity index (χ0v) is 25.1. The highest BCUT2D eigenvalue weighted by atomic mass is 32.1. The fourth-order valence-electron chi connectivity index (χ4n) is 6.14. The lowest BCUT2D eigenvalue weighted by Gasteiger charge is -2.14. The zero-order valence-electron chi connectivity index (χ0n) is 24.3. The SMILES string of the molecule is Cc1c(-c2nc3cc(CN4CCCC4)cc(C#N)c3o2)cccc1-c1cccc(-c2nc3c(s2)CNCC3)c1C.O=CO. The third kappa shape index (κ3) is 5.69. The second-order valence-electron chi connectivity index (χ2n) is 11.0. The third-order valence-electron chi connectivity index (χ3n) is 8.30. The van der Waals surface area contributed by atoms with Gasteiger partial charge in [0.1, 0.15) is 16.6 Å². The molecule has 2 aromatic heterocycles. The molecule has 2 aliphatic rings. The van der Waals surface area contributed by atoms with Crippen molar-refractivity contribution in [2.45, 2.75) is 46.2 Å². The van der Waals surface area contributed by atoms with Gasteiger partial charge in [0.25, 0.3) is 6.47 Å². The number of nitrogens with zero attached hydrogens (tertiary/aromatic N) is 4. The number of carboxylic acid groups (broad SMARTS) is 1. The van der Waals surface area contributed by atoms with Crippen molar-refractivity contribution in [3.05, 3.63) is 81.4 Å². The van der Waals surface area contributed by atoms with Crippen LogP contribution in [0.3, 0.4) is 0 Å². The lowest BCUT2D eigenvalue weighted by Crippen LogP contribution is -2.22. The minimum Gasteiger partial charge on any atom is -0.483 e. The number of oxazole rings is 1. The number of carbonyl (C=O) groups is 1. The topological polar surface area (TPSA) is 115 Å². The van der Waals surface area contributed by atoms with Crippen molar-refractivity contribution in [3.63, 3.8) is 0 Å². The Morgan fingerprint density at radius 1 is 1.05 bits per heavy atom. The first-order chi connectivity index (χ1) is 21.0. The summed E-state index contributed by atoms with van der Waals surface area (Å²) in [4.78, 5) is 22.0. The largest absolute Gasteiger partial charge is 0.483 e. The fraction of sp³-hybridized carbons (Fsp3) is 0.294. The molecule has 7 rings (SSSR count). The number of aromatic nitrogens is 2. The van der Waals surface area contributed by atoms with Crippen molar-refractivity contribution in [2.24, 2.45) is 0 Å². The monoisotopic (exact) mass is 591 g/mol. The summed E-state index contributed by atoms with van der Waals surface area (Å²) in [5.74, 6) is 0.554. The minimum absolute atomic E-state index is 0.250. The van der Waals surface area contributed by atoms with Crippen molar-refractivity contribution in [3.8, 4) is 39.2 Å². The number of rotatable bonds is 5. The molecular formula is C34H33N5O3S. The summed E-state index contributed by atoms with van der Waals surface area (Å²) >= 11 is 1.80. The molecule has 9 heteroatoms. The second-order valence-corrected chi connectivity index (χ2v) is 12.1. The molecule has 0 atom stereocenters. The molecule has 1 saturated heterocycles. The summed E-state index contributed by atoms with van der Waals surface area (Å²) in [6.07, 6.45) is 3.47. The molecule has 5 aromatic rings. The number of likely N-dealkylation sites (tertiary alicyclic amines) is 1. The average Bonchev–Trinajstić information content (AvgIpc) is 3.77. The number of fused-ring (bicyclic) bond motifs is 2.